The van der Waals surface area contributed by atoms with Gasteiger partial charge in [-0.1, -0.05) is 6.92 Å². The van der Waals surface area contributed by atoms with Crippen molar-refractivity contribution < 1.29 is 39.5 Å². The fraction of sp³-hybridized carbons (Fsp3) is 0.700. The Hall–Kier alpha value is -1.71. The first-order valence-electron chi connectivity index (χ1n) is 5.26. The van der Waals surface area contributed by atoms with E-state index in [1.165, 1.54) is 0 Å². The third kappa shape index (κ3) is 9.94. The minimum absolute atomic E-state index is 0.0648. The second-order valence-corrected chi connectivity index (χ2v) is 3.66. The van der Waals surface area contributed by atoms with Crippen LogP contribution in [0.3, 0.4) is 0 Å². The van der Waals surface area contributed by atoms with Crippen molar-refractivity contribution in [3.05, 3.63) is 0 Å². The van der Waals surface area contributed by atoms with Crippen LogP contribution in [-0.4, -0.2) is 57.3 Å². The minimum Gasteiger partial charge on any atom is -0.481 e. The van der Waals surface area contributed by atoms with E-state index in [4.69, 9.17) is 26.2 Å². The topological polar surface area (TPSA) is 167 Å². The quantitative estimate of drug-likeness (QED) is 0.370. The summed E-state index contributed by atoms with van der Waals surface area (Å²) in [5.74, 6) is -5.02. The minimum atomic E-state index is -2.74. The average molecular weight is 281 g/mol. The van der Waals surface area contributed by atoms with Crippen molar-refractivity contribution in [2.75, 3.05) is 7.11 Å². The molecule has 19 heavy (non-hydrogen) atoms. The first kappa shape index (κ1) is 19.6. The van der Waals surface area contributed by atoms with Gasteiger partial charge in [-0.2, -0.15) is 0 Å². The zero-order valence-corrected chi connectivity index (χ0v) is 10.7. The van der Waals surface area contributed by atoms with Crippen LogP contribution in [0.25, 0.3) is 0 Å². The van der Waals surface area contributed by atoms with Crippen molar-refractivity contribution in [2.24, 2.45) is 5.73 Å². The summed E-state index contributed by atoms with van der Waals surface area (Å²) in [5.41, 5.74) is 2.51. The number of aliphatic carboxylic acids is 3. The van der Waals surface area contributed by atoms with Crippen LogP contribution in [0.1, 0.15) is 26.2 Å². The lowest BCUT2D eigenvalue weighted by molar-refractivity contribution is -0.170. The number of methoxy groups -OCH3 is 1. The monoisotopic (exact) mass is 281 g/mol. The number of carbonyl (C=O) groups is 3. The summed E-state index contributed by atoms with van der Waals surface area (Å²) in [6.07, 6.45) is -1.47. The van der Waals surface area contributed by atoms with Crippen LogP contribution in [0.15, 0.2) is 0 Å². The van der Waals surface area contributed by atoms with Crippen LogP contribution >= 0.6 is 0 Å². The van der Waals surface area contributed by atoms with Crippen molar-refractivity contribution in [3.8, 4) is 0 Å². The molecule has 0 amide bonds. The Morgan fingerprint density at radius 2 is 1.53 bits per heavy atom. The van der Waals surface area contributed by atoms with Crippen molar-refractivity contribution in [1.29, 1.82) is 0 Å². The van der Waals surface area contributed by atoms with E-state index in [-0.39, 0.29) is 6.23 Å². The summed E-state index contributed by atoms with van der Waals surface area (Å²) in [5, 5.41) is 33.8. The zero-order chi connectivity index (χ0) is 15.6. The van der Waals surface area contributed by atoms with Gasteiger partial charge in [0.25, 0.3) is 0 Å². The molecular weight excluding hydrogens is 262 g/mol. The van der Waals surface area contributed by atoms with Crippen LogP contribution in [0, 0.1) is 0 Å². The van der Waals surface area contributed by atoms with Gasteiger partial charge in [-0.25, -0.2) is 4.79 Å². The zero-order valence-electron chi connectivity index (χ0n) is 10.7. The van der Waals surface area contributed by atoms with Gasteiger partial charge in [0, 0.05) is 7.11 Å². The molecule has 0 aromatic carbocycles. The number of ether oxygens (including phenoxy) is 1. The smallest absolute Gasteiger partial charge is 0.336 e. The molecule has 0 aliphatic heterocycles. The van der Waals surface area contributed by atoms with E-state index in [1.54, 1.807) is 7.11 Å². The van der Waals surface area contributed by atoms with Gasteiger partial charge >= 0.3 is 17.9 Å². The summed E-state index contributed by atoms with van der Waals surface area (Å²) in [6.45, 7) is 1.98. The number of aliphatic hydroxyl groups is 1. The Bertz CT molecular complexity index is 297. The van der Waals surface area contributed by atoms with Crippen molar-refractivity contribution in [2.45, 2.75) is 38.0 Å². The summed E-state index contributed by atoms with van der Waals surface area (Å²) in [4.78, 5) is 30.5. The van der Waals surface area contributed by atoms with E-state index in [0.29, 0.717) is 0 Å². The van der Waals surface area contributed by atoms with Crippen LogP contribution in [-0.2, 0) is 19.1 Å². The van der Waals surface area contributed by atoms with Crippen LogP contribution in [0.2, 0.25) is 0 Å². The van der Waals surface area contributed by atoms with Gasteiger partial charge < -0.3 is 30.9 Å². The lowest BCUT2D eigenvalue weighted by atomic mass is 9.96. The molecule has 0 spiro atoms. The second kappa shape index (κ2) is 9.25. The number of carboxylic acids is 3. The molecule has 9 nitrogen and oxygen atoms in total. The summed E-state index contributed by atoms with van der Waals surface area (Å²) < 4.78 is 4.68. The van der Waals surface area contributed by atoms with Gasteiger partial charge in [0.15, 0.2) is 5.60 Å². The third-order valence-corrected chi connectivity index (χ3v) is 1.99. The molecule has 0 fully saturated rings. The van der Waals surface area contributed by atoms with Crippen LogP contribution < -0.4 is 5.73 Å². The molecule has 0 radical (unpaired) electrons. The van der Waals surface area contributed by atoms with Gasteiger partial charge in [0.05, 0.1) is 12.8 Å². The Morgan fingerprint density at radius 1 is 1.16 bits per heavy atom. The van der Waals surface area contributed by atoms with Crippen molar-refractivity contribution in [1.82, 2.24) is 0 Å². The highest BCUT2D eigenvalue weighted by atomic mass is 16.5. The first-order chi connectivity index (χ1) is 8.58. The molecule has 0 aromatic rings. The Kier molecular flexibility index (Phi) is 9.56. The standard InChI is InChI=1S/C6H8O7.C4H11NO/c7-3(8)1-6(13,5(11)12)2-4(9)10;1-3-4(5)6-2/h13H,1-2H2,(H,7,8)(H,9,10)(H,11,12);4H,3,5H2,1-2H3. The number of hydrogen-bond donors (Lipinski definition) is 5. The highest BCUT2D eigenvalue weighted by Gasteiger charge is 2.40. The molecule has 1 atom stereocenters. The highest BCUT2D eigenvalue weighted by molar-refractivity contribution is 5.88. The summed E-state index contributed by atoms with van der Waals surface area (Å²) in [6, 6.07) is 0. The molecule has 1 unspecified atom stereocenters. The lowest BCUT2D eigenvalue weighted by Gasteiger charge is -2.18. The van der Waals surface area contributed by atoms with Crippen LogP contribution in [0.5, 0.6) is 0 Å². The van der Waals surface area contributed by atoms with Crippen molar-refractivity contribution >= 4 is 17.9 Å². The number of carboxylic acid groups (broad SMARTS) is 3. The molecule has 0 saturated heterocycles. The Balaban J connectivity index is 0. The average Bonchev–Trinajstić information content (AvgIpc) is 2.26. The normalized spacial score (nSPS) is 12.0. The fourth-order valence-corrected chi connectivity index (χ4v) is 0.881. The van der Waals surface area contributed by atoms with Crippen LogP contribution in [0.4, 0.5) is 0 Å². The van der Waals surface area contributed by atoms with Gasteiger partial charge in [-0.05, 0) is 6.42 Å². The Labute approximate surface area is 109 Å². The molecule has 0 bridgehead atoms. The van der Waals surface area contributed by atoms with E-state index in [0.717, 1.165) is 6.42 Å². The molecule has 0 saturated carbocycles. The maximum atomic E-state index is 10.3. The number of nitrogens with two attached hydrogens (primary N) is 1. The van der Waals surface area contributed by atoms with Gasteiger partial charge in [-0.15, -0.1) is 0 Å². The molecule has 0 aliphatic rings. The summed E-state index contributed by atoms with van der Waals surface area (Å²) in [7, 11) is 1.61. The van der Waals surface area contributed by atoms with Crippen molar-refractivity contribution in [3.63, 3.8) is 0 Å². The molecule has 0 heterocycles. The van der Waals surface area contributed by atoms with E-state index in [1.807, 2.05) is 6.92 Å². The highest BCUT2D eigenvalue weighted by Crippen LogP contribution is 2.15. The molecule has 9 heteroatoms. The first-order valence-corrected chi connectivity index (χ1v) is 5.26. The Morgan fingerprint density at radius 3 is 1.63 bits per heavy atom. The molecule has 0 aliphatic carbocycles. The fourth-order valence-electron chi connectivity index (χ4n) is 0.881. The maximum Gasteiger partial charge on any atom is 0.336 e. The number of rotatable bonds is 7. The molecule has 0 rings (SSSR count). The maximum absolute atomic E-state index is 10.3. The van der Waals surface area contributed by atoms with Gasteiger partial charge in [0.1, 0.15) is 6.23 Å². The predicted molar refractivity (Wildman–Crippen MR) is 62.4 cm³/mol. The van der Waals surface area contributed by atoms with Gasteiger partial charge in [-0.3, -0.25) is 9.59 Å². The number of hydrogen-bond acceptors (Lipinski definition) is 6. The summed E-state index contributed by atoms with van der Waals surface area (Å²) >= 11 is 0. The molecule has 0 aromatic heterocycles. The van der Waals surface area contributed by atoms with E-state index >= 15 is 0 Å². The van der Waals surface area contributed by atoms with E-state index < -0.39 is 36.4 Å². The second-order valence-electron chi connectivity index (χ2n) is 3.66. The predicted octanol–water partition coefficient (Wildman–Crippen LogP) is -0.921. The largest absolute Gasteiger partial charge is 0.481 e. The van der Waals surface area contributed by atoms with E-state index in [2.05, 4.69) is 4.74 Å². The molecule has 6 N–H and O–H groups in total. The van der Waals surface area contributed by atoms with Gasteiger partial charge in [0.2, 0.25) is 0 Å². The molecule has 112 valence electrons. The SMILES string of the molecule is CCC(N)OC.O=C(O)CC(O)(CC(=O)O)C(=O)O. The molecular formula is C10H19NO8. The lowest BCUT2D eigenvalue weighted by Crippen LogP contribution is -2.42. The van der Waals surface area contributed by atoms with E-state index in [9.17, 15) is 14.4 Å². The third-order valence-electron chi connectivity index (χ3n) is 1.99.